The van der Waals surface area contributed by atoms with Gasteiger partial charge in [0.25, 0.3) is 5.91 Å². The quantitative estimate of drug-likeness (QED) is 0.792. The van der Waals surface area contributed by atoms with Crippen molar-refractivity contribution in [1.82, 2.24) is 4.90 Å². The van der Waals surface area contributed by atoms with Gasteiger partial charge in [0.2, 0.25) is 0 Å². The van der Waals surface area contributed by atoms with Crippen molar-refractivity contribution in [3.63, 3.8) is 0 Å². The molecule has 26 heavy (non-hydrogen) atoms. The van der Waals surface area contributed by atoms with Crippen molar-refractivity contribution in [2.45, 2.75) is 25.8 Å². The fourth-order valence-electron chi connectivity index (χ4n) is 3.42. The zero-order chi connectivity index (χ0) is 18.5. The highest BCUT2D eigenvalue weighted by molar-refractivity contribution is 5.78. The number of hydrogen-bond donors (Lipinski definition) is 0. The number of benzene rings is 2. The Balaban J connectivity index is 1.72. The summed E-state index contributed by atoms with van der Waals surface area (Å²) in [6.45, 7) is 2.77. The molecule has 0 aromatic heterocycles. The van der Waals surface area contributed by atoms with E-state index in [4.69, 9.17) is 14.2 Å². The lowest BCUT2D eigenvalue weighted by Crippen LogP contribution is -2.34. The van der Waals surface area contributed by atoms with E-state index in [-0.39, 0.29) is 18.6 Å². The van der Waals surface area contributed by atoms with Gasteiger partial charge in [0.1, 0.15) is 17.2 Å². The van der Waals surface area contributed by atoms with Gasteiger partial charge < -0.3 is 19.1 Å². The number of likely N-dealkylation sites (tertiary alicyclic amines) is 1. The first-order valence-electron chi connectivity index (χ1n) is 8.83. The van der Waals surface area contributed by atoms with Crippen LogP contribution in [-0.2, 0) is 4.79 Å². The van der Waals surface area contributed by atoms with E-state index in [2.05, 4.69) is 0 Å². The Morgan fingerprint density at radius 2 is 1.96 bits per heavy atom. The van der Waals surface area contributed by atoms with Gasteiger partial charge in [0.05, 0.1) is 20.3 Å². The first kappa shape index (κ1) is 18.1. The summed E-state index contributed by atoms with van der Waals surface area (Å²) in [6, 6.07) is 13.5. The molecule has 2 aromatic rings. The van der Waals surface area contributed by atoms with E-state index in [1.54, 1.807) is 14.2 Å². The highest BCUT2D eigenvalue weighted by Crippen LogP contribution is 2.38. The molecule has 2 aromatic carbocycles. The predicted molar refractivity (Wildman–Crippen MR) is 99.9 cm³/mol. The Bertz CT molecular complexity index is 774. The second-order valence-electron chi connectivity index (χ2n) is 6.46. The second-order valence-corrected chi connectivity index (χ2v) is 6.46. The Labute approximate surface area is 154 Å². The van der Waals surface area contributed by atoms with Crippen LogP contribution in [0.1, 0.15) is 30.0 Å². The molecule has 0 spiro atoms. The molecular formula is C21H25NO4. The van der Waals surface area contributed by atoms with Crippen LogP contribution in [0.3, 0.4) is 0 Å². The lowest BCUT2D eigenvalue weighted by atomic mass is 10.0. The van der Waals surface area contributed by atoms with Gasteiger partial charge in [-0.15, -0.1) is 0 Å². The van der Waals surface area contributed by atoms with Crippen molar-refractivity contribution in [1.29, 1.82) is 0 Å². The van der Waals surface area contributed by atoms with Crippen LogP contribution in [0.15, 0.2) is 42.5 Å². The third-order valence-electron chi connectivity index (χ3n) is 4.72. The van der Waals surface area contributed by atoms with E-state index in [0.717, 1.165) is 47.8 Å². The molecule has 0 saturated carbocycles. The summed E-state index contributed by atoms with van der Waals surface area (Å²) >= 11 is 0. The topological polar surface area (TPSA) is 48.0 Å². The van der Waals surface area contributed by atoms with E-state index in [1.165, 1.54) is 0 Å². The van der Waals surface area contributed by atoms with Gasteiger partial charge in [-0.1, -0.05) is 12.1 Å². The third kappa shape index (κ3) is 3.93. The standard InChI is InChI=1S/C21H25NO4/c1-15-6-4-7-17(12-15)26-14-21(23)22-11-5-8-19(22)18-10-9-16(24-2)13-20(18)25-3/h4,6-7,9-10,12-13,19H,5,8,11,14H2,1-3H3. The van der Waals surface area contributed by atoms with Crippen molar-refractivity contribution >= 4 is 5.91 Å². The summed E-state index contributed by atoms with van der Waals surface area (Å²) in [7, 11) is 3.27. The van der Waals surface area contributed by atoms with Gasteiger partial charge >= 0.3 is 0 Å². The molecular weight excluding hydrogens is 330 g/mol. The summed E-state index contributed by atoms with van der Waals surface area (Å²) in [4.78, 5) is 14.6. The van der Waals surface area contributed by atoms with Crippen molar-refractivity contribution in [3.05, 3.63) is 53.6 Å². The fraction of sp³-hybridized carbons (Fsp3) is 0.381. The maximum absolute atomic E-state index is 12.7. The molecule has 1 unspecified atom stereocenters. The Hall–Kier alpha value is -2.69. The molecule has 5 heteroatoms. The van der Waals surface area contributed by atoms with Crippen molar-refractivity contribution in [2.75, 3.05) is 27.4 Å². The van der Waals surface area contributed by atoms with Crippen LogP contribution < -0.4 is 14.2 Å². The number of nitrogens with zero attached hydrogens (tertiary/aromatic N) is 1. The number of aryl methyl sites for hydroxylation is 1. The Kier molecular flexibility index (Phi) is 5.66. The van der Waals surface area contributed by atoms with Gasteiger partial charge in [-0.3, -0.25) is 4.79 Å². The van der Waals surface area contributed by atoms with Gasteiger partial charge in [-0.25, -0.2) is 0 Å². The summed E-state index contributed by atoms with van der Waals surface area (Å²) in [5, 5.41) is 0. The summed E-state index contributed by atoms with van der Waals surface area (Å²) in [5.74, 6) is 2.20. The molecule has 0 aliphatic carbocycles. The van der Waals surface area contributed by atoms with Crippen LogP contribution in [-0.4, -0.2) is 38.2 Å². The second kappa shape index (κ2) is 8.13. The van der Waals surface area contributed by atoms with Crippen LogP contribution in [0.4, 0.5) is 0 Å². The number of carbonyl (C=O) groups excluding carboxylic acids is 1. The van der Waals surface area contributed by atoms with Gasteiger partial charge in [0, 0.05) is 18.2 Å². The SMILES string of the molecule is COc1ccc(C2CCCN2C(=O)COc2cccc(C)c2)c(OC)c1. The van der Waals surface area contributed by atoms with E-state index < -0.39 is 0 Å². The van der Waals surface area contributed by atoms with Crippen LogP contribution in [0.25, 0.3) is 0 Å². The van der Waals surface area contributed by atoms with Gasteiger partial charge in [-0.2, -0.15) is 0 Å². The lowest BCUT2D eigenvalue weighted by Gasteiger charge is -2.26. The van der Waals surface area contributed by atoms with Crippen LogP contribution >= 0.6 is 0 Å². The van der Waals surface area contributed by atoms with Crippen LogP contribution in [0.5, 0.6) is 17.2 Å². The molecule has 1 aliphatic rings. The number of methoxy groups -OCH3 is 2. The maximum Gasteiger partial charge on any atom is 0.261 e. The van der Waals surface area contributed by atoms with Gasteiger partial charge in [0.15, 0.2) is 6.61 Å². The Morgan fingerprint density at radius 3 is 2.69 bits per heavy atom. The first-order valence-corrected chi connectivity index (χ1v) is 8.83. The van der Waals surface area contributed by atoms with Crippen LogP contribution in [0.2, 0.25) is 0 Å². The van der Waals surface area contributed by atoms with E-state index in [9.17, 15) is 4.79 Å². The average Bonchev–Trinajstić information content (AvgIpc) is 3.15. The van der Waals surface area contributed by atoms with E-state index >= 15 is 0 Å². The summed E-state index contributed by atoms with van der Waals surface area (Å²) in [5.41, 5.74) is 2.12. The number of amides is 1. The molecule has 1 saturated heterocycles. The average molecular weight is 355 g/mol. The highest BCUT2D eigenvalue weighted by Gasteiger charge is 2.32. The molecule has 1 atom stereocenters. The minimum Gasteiger partial charge on any atom is -0.497 e. The normalized spacial score (nSPS) is 16.4. The number of rotatable bonds is 6. The minimum atomic E-state index is -0.00752. The molecule has 138 valence electrons. The minimum absolute atomic E-state index is 0.00413. The summed E-state index contributed by atoms with van der Waals surface area (Å²) in [6.07, 6.45) is 1.88. The molecule has 0 N–H and O–H groups in total. The molecule has 1 heterocycles. The van der Waals surface area contributed by atoms with E-state index in [1.807, 2.05) is 54.3 Å². The zero-order valence-corrected chi connectivity index (χ0v) is 15.5. The highest BCUT2D eigenvalue weighted by atomic mass is 16.5. The zero-order valence-electron chi connectivity index (χ0n) is 15.5. The number of hydrogen-bond acceptors (Lipinski definition) is 4. The fourth-order valence-corrected chi connectivity index (χ4v) is 3.42. The van der Waals surface area contributed by atoms with E-state index in [0.29, 0.717) is 0 Å². The van der Waals surface area contributed by atoms with Crippen molar-refractivity contribution in [2.24, 2.45) is 0 Å². The molecule has 1 fully saturated rings. The van der Waals surface area contributed by atoms with Crippen molar-refractivity contribution in [3.8, 4) is 17.2 Å². The third-order valence-corrected chi connectivity index (χ3v) is 4.72. The number of ether oxygens (including phenoxy) is 3. The molecule has 5 nitrogen and oxygen atoms in total. The first-order chi connectivity index (χ1) is 12.6. The van der Waals surface area contributed by atoms with Gasteiger partial charge in [-0.05, 0) is 49.6 Å². The smallest absolute Gasteiger partial charge is 0.261 e. The molecule has 0 radical (unpaired) electrons. The summed E-state index contributed by atoms with van der Waals surface area (Å²) < 4.78 is 16.5. The Morgan fingerprint density at radius 1 is 1.12 bits per heavy atom. The molecule has 1 amide bonds. The molecule has 3 rings (SSSR count). The van der Waals surface area contributed by atoms with Crippen LogP contribution in [0, 0.1) is 6.92 Å². The predicted octanol–water partition coefficient (Wildman–Crippen LogP) is 3.75. The van der Waals surface area contributed by atoms with Crippen molar-refractivity contribution < 1.29 is 19.0 Å². The monoisotopic (exact) mass is 355 g/mol. The lowest BCUT2D eigenvalue weighted by molar-refractivity contribution is -0.134. The number of carbonyl (C=O) groups is 1. The molecule has 1 aliphatic heterocycles. The largest absolute Gasteiger partial charge is 0.497 e. The maximum atomic E-state index is 12.7. The molecule has 0 bridgehead atoms.